The third-order valence-electron chi connectivity index (χ3n) is 2.29. The quantitative estimate of drug-likeness (QED) is 0.663. The zero-order valence-corrected chi connectivity index (χ0v) is 9.97. The summed E-state index contributed by atoms with van der Waals surface area (Å²) in [5.41, 5.74) is -4.26. The molecule has 0 spiro atoms. The lowest BCUT2D eigenvalue weighted by Gasteiger charge is -2.14. The molecule has 1 amide bonds. The van der Waals surface area contributed by atoms with Gasteiger partial charge in [0.2, 0.25) is 5.91 Å². The van der Waals surface area contributed by atoms with E-state index in [1.165, 1.54) is 5.32 Å². The van der Waals surface area contributed by atoms with Crippen molar-refractivity contribution in [2.75, 3.05) is 5.32 Å². The number of alkyl halides is 3. The van der Waals surface area contributed by atoms with Crippen LogP contribution in [0, 0.1) is 23.3 Å². The van der Waals surface area contributed by atoms with Crippen LogP contribution in [0.3, 0.4) is 0 Å². The highest BCUT2D eigenvalue weighted by atomic mass is 19.4. The van der Waals surface area contributed by atoms with E-state index < -0.39 is 46.6 Å². The summed E-state index contributed by atoms with van der Waals surface area (Å²) in [4.78, 5) is 11.1. The van der Waals surface area contributed by atoms with Crippen LogP contribution in [0.1, 0.15) is 25.3 Å². The van der Waals surface area contributed by atoms with Crippen LogP contribution in [0.15, 0.2) is 0 Å². The molecule has 2 nitrogen and oxygen atoms in total. The minimum absolute atomic E-state index is 0.219. The van der Waals surface area contributed by atoms with Crippen molar-refractivity contribution in [1.82, 2.24) is 0 Å². The maximum absolute atomic E-state index is 13.3. The van der Waals surface area contributed by atoms with Crippen LogP contribution in [-0.2, 0) is 11.0 Å². The molecule has 0 atom stereocenters. The highest BCUT2D eigenvalue weighted by molar-refractivity contribution is 5.91. The lowest BCUT2D eigenvalue weighted by molar-refractivity contribution is -0.143. The molecular formula is C11H8F7NO. The standard InChI is InChI=1S/C11H8F7NO/c1-2-3-4(20)19-10-8(14)6(12)5(11(16,17)18)7(13)9(10)15/h2-3H2,1H3,(H,19,20). The molecule has 1 rings (SSSR count). The fraction of sp³-hybridized carbons (Fsp3) is 0.364. The van der Waals surface area contributed by atoms with E-state index in [1.54, 1.807) is 6.92 Å². The fourth-order valence-electron chi connectivity index (χ4n) is 1.42. The SMILES string of the molecule is CCCC(=O)Nc1c(F)c(F)c(C(F)(F)F)c(F)c1F. The average Bonchev–Trinajstić information content (AvgIpc) is 2.31. The normalized spacial score (nSPS) is 11.6. The van der Waals surface area contributed by atoms with Crippen molar-refractivity contribution in [2.24, 2.45) is 0 Å². The van der Waals surface area contributed by atoms with Crippen molar-refractivity contribution >= 4 is 11.6 Å². The number of hydrogen-bond acceptors (Lipinski definition) is 1. The van der Waals surface area contributed by atoms with Crippen molar-refractivity contribution in [1.29, 1.82) is 0 Å². The second-order valence-corrected chi connectivity index (χ2v) is 3.80. The van der Waals surface area contributed by atoms with Gasteiger partial charge in [0.05, 0.1) is 0 Å². The predicted octanol–water partition coefficient (Wildman–Crippen LogP) is 4.00. The van der Waals surface area contributed by atoms with Crippen molar-refractivity contribution in [3.8, 4) is 0 Å². The Labute approximate surface area is 108 Å². The summed E-state index contributed by atoms with van der Waals surface area (Å²) in [6.07, 6.45) is -5.56. The number of hydrogen-bond donors (Lipinski definition) is 1. The first kappa shape index (κ1) is 16.3. The van der Waals surface area contributed by atoms with Gasteiger partial charge in [-0.3, -0.25) is 4.79 Å². The molecule has 0 aliphatic carbocycles. The summed E-state index contributed by atoms with van der Waals surface area (Å²) in [6.45, 7) is 1.54. The topological polar surface area (TPSA) is 29.1 Å². The van der Waals surface area contributed by atoms with Crippen molar-refractivity contribution in [2.45, 2.75) is 25.9 Å². The molecule has 0 heterocycles. The number of rotatable bonds is 3. The van der Waals surface area contributed by atoms with Gasteiger partial charge in [-0.25, -0.2) is 17.6 Å². The van der Waals surface area contributed by atoms with E-state index in [0.29, 0.717) is 0 Å². The molecule has 0 aliphatic heterocycles. The second-order valence-electron chi connectivity index (χ2n) is 3.80. The number of halogens is 7. The van der Waals surface area contributed by atoms with Crippen molar-refractivity contribution < 1.29 is 35.5 Å². The van der Waals surface area contributed by atoms with E-state index in [4.69, 9.17) is 0 Å². The molecule has 9 heteroatoms. The minimum Gasteiger partial charge on any atom is -0.321 e. The Bertz CT molecular complexity index is 510. The van der Waals surface area contributed by atoms with Crippen molar-refractivity contribution in [3.05, 3.63) is 28.8 Å². The Morgan fingerprint density at radius 1 is 1.00 bits per heavy atom. The Morgan fingerprint density at radius 3 is 1.80 bits per heavy atom. The molecular weight excluding hydrogens is 295 g/mol. The van der Waals surface area contributed by atoms with E-state index in [0.717, 1.165) is 0 Å². The zero-order chi connectivity index (χ0) is 15.7. The summed E-state index contributed by atoms with van der Waals surface area (Å²) in [7, 11) is 0. The van der Waals surface area contributed by atoms with Crippen LogP contribution in [0.25, 0.3) is 0 Å². The molecule has 0 saturated carbocycles. The Kier molecular flexibility index (Phi) is 4.61. The van der Waals surface area contributed by atoms with Crippen LogP contribution in [-0.4, -0.2) is 5.91 Å². The van der Waals surface area contributed by atoms with Gasteiger partial charge in [0.25, 0.3) is 0 Å². The first-order valence-electron chi connectivity index (χ1n) is 5.34. The van der Waals surface area contributed by atoms with E-state index in [9.17, 15) is 35.5 Å². The summed E-state index contributed by atoms with van der Waals surface area (Å²) in [6, 6.07) is 0. The molecule has 0 radical (unpaired) electrons. The Hall–Kier alpha value is -1.80. The number of anilines is 1. The third kappa shape index (κ3) is 3.02. The van der Waals surface area contributed by atoms with E-state index in [-0.39, 0.29) is 12.8 Å². The summed E-state index contributed by atoms with van der Waals surface area (Å²) in [5.74, 6) is -10.8. The van der Waals surface area contributed by atoms with Gasteiger partial charge in [-0.2, -0.15) is 13.2 Å². The van der Waals surface area contributed by atoms with Gasteiger partial charge in [0.1, 0.15) is 11.3 Å². The highest BCUT2D eigenvalue weighted by Gasteiger charge is 2.42. The van der Waals surface area contributed by atoms with Gasteiger partial charge < -0.3 is 5.32 Å². The number of carbonyl (C=O) groups is 1. The highest BCUT2D eigenvalue weighted by Crippen LogP contribution is 2.38. The van der Waals surface area contributed by atoms with Gasteiger partial charge in [0.15, 0.2) is 23.3 Å². The Morgan fingerprint density at radius 2 is 1.45 bits per heavy atom. The van der Waals surface area contributed by atoms with Gasteiger partial charge in [0, 0.05) is 6.42 Å². The molecule has 112 valence electrons. The maximum Gasteiger partial charge on any atom is 0.422 e. The average molecular weight is 303 g/mol. The van der Waals surface area contributed by atoms with E-state index in [2.05, 4.69) is 0 Å². The van der Waals surface area contributed by atoms with E-state index in [1.807, 2.05) is 0 Å². The van der Waals surface area contributed by atoms with Gasteiger partial charge >= 0.3 is 6.18 Å². The van der Waals surface area contributed by atoms with E-state index >= 15 is 0 Å². The Balaban J connectivity index is 3.41. The smallest absolute Gasteiger partial charge is 0.321 e. The molecule has 0 unspecified atom stereocenters. The number of nitrogens with one attached hydrogen (secondary N) is 1. The lowest BCUT2D eigenvalue weighted by atomic mass is 10.1. The van der Waals surface area contributed by atoms with Gasteiger partial charge in [-0.15, -0.1) is 0 Å². The maximum atomic E-state index is 13.3. The number of carbonyl (C=O) groups excluding carboxylic acids is 1. The molecule has 0 saturated heterocycles. The van der Waals surface area contributed by atoms with Crippen LogP contribution >= 0.6 is 0 Å². The van der Waals surface area contributed by atoms with Gasteiger partial charge in [-0.05, 0) is 6.42 Å². The molecule has 0 fully saturated rings. The molecule has 0 aliphatic rings. The molecule has 1 aromatic rings. The fourth-order valence-corrected chi connectivity index (χ4v) is 1.42. The summed E-state index contributed by atoms with van der Waals surface area (Å²) in [5, 5.41) is 1.50. The lowest BCUT2D eigenvalue weighted by Crippen LogP contribution is -2.20. The van der Waals surface area contributed by atoms with Crippen LogP contribution in [0.4, 0.5) is 36.4 Å². The molecule has 20 heavy (non-hydrogen) atoms. The third-order valence-corrected chi connectivity index (χ3v) is 2.29. The molecule has 0 bridgehead atoms. The predicted molar refractivity (Wildman–Crippen MR) is 54.8 cm³/mol. The molecule has 0 aromatic heterocycles. The summed E-state index contributed by atoms with van der Waals surface area (Å²) < 4.78 is 89.9. The molecule has 1 aromatic carbocycles. The largest absolute Gasteiger partial charge is 0.422 e. The van der Waals surface area contributed by atoms with Crippen LogP contribution in [0.5, 0.6) is 0 Å². The molecule has 1 N–H and O–H groups in total. The minimum atomic E-state index is -5.61. The number of benzene rings is 1. The first-order valence-corrected chi connectivity index (χ1v) is 5.34. The summed E-state index contributed by atoms with van der Waals surface area (Å²) >= 11 is 0. The first-order chi connectivity index (χ1) is 9.11. The second kappa shape index (κ2) is 5.68. The zero-order valence-electron chi connectivity index (χ0n) is 9.97. The van der Waals surface area contributed by atoms with Gasteiger partial charge in [-0.1, -0.05) is 6.92 Å². The van der Waals surface area contributed by atoms with Crippen molar-refractivity contribution in [3.63, 3.8) is 0 Å². The van der Waals surface area contributed by atoms with Crippen LogP contribution in [0.2, 0.25) is 0 Å². The monoisotopic (exact) mass is 303 g/mol. The number of amides is 1. The van der Waals surface area contributed by atoms with Crippen LogP contribution < -0.4 is 5.32 Å².